The number of fused-ring (bicyclic) bond motifs is 1. The highest BCUT2D eigenvalue weighted by molar-refractivity contribution is 5.77. The number of hydrogen-bond donors (Lipinski definition) is 0. The zero-order valence-electron chi connectivity index (χ0n) is 11.5. The molecule has 0 unspecified atom stereocenters. The Hall–Kier alpha value is -1.39. The Morgan fingerprint density at radius 3 is 2.74 bits per heavy atom. The van der Waals surface area contributed by atoms with E-state index in [-0.39, 0.29) is 54.2 Å². The van der Waals surface area contributed by atoms with Gasteiger partial charge in [0.05, 0.1) is 12.5 Å². The second kappa shape index (κ2) is 5.31. The van der Waals surface area contributed by atoms with Gasteiger partial charge in [-0.2, -0.15) is 0 Å². The average Bonchev–Trinajstić information content (AvgIpc) is 2.61. The zero-order chi connectivity index (χ0) is 14.2. The van der Waals surface area contributed by atoms with Crippen molar-refractivity contribution in [1.82, 2.24) is 0 Å². The van der Waals surface area contributed by atoms with Crippen molar-refractivity contribution in [2.24, 2.45) is 29.6 Å². The molecule has 0 aromatic rings. The Labute approximate surface area is 112 Å². The predicted molar refractivity (Wildman–Crippen MR) is 66.0 cm³/mol. The average molecular weight is 268 g/mol. The Balaban J connectivity index is 2.18. The van der Waals surface area contributed by atoms with E-state index >= 15 is 0 Å². The maximum absolute atomic E-state index is 11.8. The van der Waals surface area contributed by atoms with Gasteiger partial charge in [0.2, 0.25) is 0 Å². The number of esters is 2. The Morgan fingerprint density at radius 2 is 2.16 bits per heavy atom. The van der Waals surface area contributed by atoms with Gasteiger partial charge in [-0.05, 0) is 19.3 Å². The molecule has 1 aliphatic carbocycles. The summed E-state index contributed by atoms with van der Waals surface area (Å²) in [6.45, 7) is 5.43. The fourth-order valence-corrected chi connectivity index (χ4v) is 3.59. The molecule has 0 aromatic carbocycles. The van der Waals surface area contributed by atoms with Crippen molar-refractivity contribution in [2.45, 2.75) is 33.3 Å². The van der Waals surface area contributed by atoms with Crippen LogP contribution in [-0.2, 0) is 23.9 Å². The monoisotopic (exact) mass is 268 g/mol. The number of carbonyl (C=O) groups is 3. The van der Waals surface area contributed by atoms with Crippen molar-refractivity contribution in [3.05, 3.63) is 0 Å². The second-order valence-corrected chi connectivity index (χ2v) is 5.72. The zero-order valence-corrected chi connectivity index (χ0v) is 11.5. The second-order valence-electron chi connectivity index (χ2n) is 5.72. The number of carbonyl (C=O) groups excluding carboxylic acids is 3. The smallest absolute Gasteiger partial charge is 0.309 e. The fourth-order valence-electron chi connectivity index (χ4n) is 3.59. The van der Waals surface area contributed by atoms with Crippen LogP contribution in [0.4, 0.5) is 0 Å². The first-order chi connectivity index (χ1) is 8.95. The first kappa shape index (κ1) is 14.0. The number of aldehydes is 1. The van der Waals surface area contributed by atoms with Gasteiger partial charge in [-0.25, -0.2) is 0 Å². The van der Waals surface area contributed by atoms with Crippen molar-refractivity contribution in [1.29, 1.82) is 0 Å². The Kier molecular flexibility index (Phi) is 3.92. The van der Waals surface area contributed by atoms with Crippen molar-refractivity contribution in [2.75, 3.05) is 6.61 Å². The number of cyclic esters (lactones) is 1. The summed E-state index contributed by atoms with van der Waals surface area (Å²) in [6, 6.07) is 0. The normalized spacial score (nSPS) is 41.3. The van der Waals surface area contributed by atoms with Crippen LogP contribution in [0.25, 0.3) is 0 Å². The molecule has 5 heteroatoms. The summed E-state index contributed by atoms with van der Waals surface area (Å²) in [5, 5.41) is 0. The molecule has 2 rings (SSSR count). The van der Waals surface area contributed by atoms with Crippen LogP contribution in [0.15, 0.2) is 0 Å². The van der Waals surface area contributed by atoms with Gasteiger partial charge in [-0.3, -0.25) is 9.59 Å². The summed E-state index contributed by atoms with van der Waals surface area (Å²) < 4.78 is 10.3. The molecule has 0 amide bonds. The van der Waals surface area contributed by atoms with Crippen molar-refractivity contribution >= 4 is 18.2 Å². The minimum atomic E-state index is -0.342. The molecule has 0 spiro atoms. The molecule has 2 fully saturated rings. The lowest BCUT2D eigenvalue weighted by Crippen LogP contribution is -2.44. The van der Waals surface area contributed by atoms with Gasteiger partial charge in [0.25, 0.3) is 0 Å². The first-order valence-electron chi connectivity index (χ1n) is 6.74. The van der Waals surface area contributed by atoms with Crippen LogP contribution < -0.4 is 0 Å². The summed E-state index contributed by atoms with van der Waals surface area (Å²) in [4.78, 5) is 34.2. The van der Waals surface area contributed by atoms with E-state index in [4.69, 9.17) is 9.47 Å². The molecule has 6 atom stereocenters. The lowest BCUT2D eigenvalue weighted by atomic mass is 9.62. The lowest BCUT2D eigenvalue weighted by molar-refractivity contribution is -0.148. The van der Waals surface area contributed by atoms with E-state index in [1.165, 1.54) is 6.92 Å². The van der Waals surface area contributed by atoms with E-state index in [1.807, 2.05) is 13.8 Å². The third kappa shape index (κ3) is 2.51. The van der Waals surface area contributed by atoms with Crippen LogP contribution in [0.5, 0.6) is 0 Å². The molecule has 2 aliphatic rings. The maximum Gasteiger partial charge on any atom is 0.309 e. The van der Waals surface area contributed by atoms with Crippen LogP contribution >= 0.6 is 0 Å². The lowest BCUT2D eigenvalue weighted by Gasteiger charge is -2.40. The number of ether oxygens (including phenoxy) is 2. The molecule has 1 saturated carbocycles. The highest BCUT2D eigenvalue weighted by Crippen LogP contribution is 2.47. The molecule has 1 heterocycles. The van der Waals surface area contributed by atoms with Gasteiger partial charge < -0.3 is 14.3 Å². The highest BCUT2D eigenvalue weighted by atomic mass is 16.6. The Morgan fingerprint density at radius 1 is 1.47 bits per heavy atom. The highest BCUT2D eigenvalue weighted by Gasteiger charge is 2.53. The predicted octanol–water partition coefficient (Wildman–Crippen LogP) is 1.20. The Bertz CT molecular complexity index is 391. The standard InChI is InChI=1S/C14H20O5/c1-7-4-10-13(8(2)19-14(10)17)11(5-15)12(7)6-18-9(3)16/h5,7-8,10-13H,4,6H2,1-3H3/t7-,8+,10+,11-,12+,13+/m0/s1. The summed E-state index contributed by atoms with van der Waals surface area (Å²) in [7, 11) is 0. The minimum absolute atomic E-state index is 0.0281. The van der Waals surface area contributed by atoms with E-state index in [0.29, 0.717) is 6.42 Å². The van der Waals surface area contributed by atoms with Crippen LogP contribution in [0.3, 0.4) is 0 Å². The van der Waals surface area contributed by atoms with E-state index < -0.39 is 0 Å². The van der Waals surface area contributed by atoms with Crippen LogP contribution in [0.2, 0.25) is 0 Å². The molecule has 0 bridgehead atoms. The molecule has 0 radical (unpaired) electrons. The maximum atomic E-state index is 11.8. The quantitative estimate of drug-likeness (QED) is 0.568. The van der Waals surface area contributed by atoms with Gasteiger partial charge >= 0.3 is 11.9 Å². The van der Waals surface area contributed by atoms with Crippen molar-refractivity contribution in [3.63, 3.8) is 0 Å². The van der Waals surface area contributed by atoms with E-state index in [0.717, 1.165) is 6.29 Å². The van der Waals surface area contributed by atoms with Gasteiger partial charge in [0.1, 0.15) is 12.4 Å². The van der Waals surface area contributed by atoms with Crippen LogP contribution in [0, 0.1) is 29.6 Å². The molecule has 5 nitrogen and oxygen atoms in total. The van der Waals surface area contributed by atoms with Crippen LogP contribution in [-0.4, -0.2) is 30.9 Å². The van der Waals surface area contributed by atoms with Crippen LogP contribution in [0.1, 0.15) is 27.2 Å². The van der Waals surface area contributed by atoms with Gasteiger partial charge in [-0.15, -0.1) is 0 Å². The summed E-state index contributed by atoms with van der Waals surface area (Å²) in [6.07, 6.45) is 1.37. The molecule has 106 valence electrons. The van der Waals surface area contributed by atoms with Gasteiger partial charge in [0, 0.05) is 24.7 Å². The summed E-state index contributed by atoms with van der Waals surface area (Å²) in [5.74, 6) is -0.953. The minimum Gasteiger partial charge on any atom is -0.466 e. The molecule has 1 saturated heterocycles. The topological polar surface area (TPSA) is 69.7 Å². The number of rotatable bonds is 3. The first-order valence-corrected chi connectivity index (χ1v) is 6.74. The third-order valence-corrected chi connectivity index (χ3v) is 4.54. The summed E-state index contributed by atoms with van der Waals surface area (Å²) in [5.41, 5.74) is 0. The molecule has 19 heavy (non-hydrogen) atoms. The number of hydrogen-bond acceptors (Lipinski definition) is 5. The molecule has 1 aliphatic heterocycles. The molecule has 0 aromatic heterocycles. The summed E-state index contributed by atoms with van der Waals surface area (Å²) >= 11 is 0. The molecule has 0 N–H and O–H groups in total. The van der Waals surface area contributed by atoms with E-state index in [9.17, 15) is 14.4 Å². The third-order valence-electron chi connectivity index (χ3n) is 4.54. The SMILES string of the molecule is CC(=O)OC[C@H]1[C@H](C=O)[C@@H]2[C@@H](C)OC(=O)[C@@H]2C[C@@H]1C. The largest absolute Gasteiger partial charge is 0.466 e. The van der Waals surface area contributed by atoms with Gasteiger partial charge in [0.15, 0.2) is 0 Å². The van der Waals surface area contributed by atoms with Gasteiger partial charge in [-0.1, -0.05) is 6.92 Å². The van der Waals surface area contributed by atoms with E-state index in [1.54, 1.807) is 0 Å². The molecular formula is C14H20O5. The van der Waals surface area contributed by atoms with Crippen molar-refractivity contribution in [3.8, 4) is 0 Å². The molecular weight excluding hydrogens is 248 g/mol. The van der Waals surface area contributed by atoms with E-state index in [2.05, 4.69) is 0 Å². The fraction of sp³-hybridized carbons (Fsp3) is 0.786. The van der Waals surface area contributed by atoms with Crippen molar-refractivity contribution < 1.29 is 23.9 Å².